The zero-order valence-corrected chi connectivity index (χ0v) is 31.6. The second-order valence-corrected chi connectivity index (χ2v) is 16.7. The van der Waals surface area contributed by atoms with E-state index in [0.717, 1.165) is 41.9 Å². The van der Waals surface area contributed by atoms with Crippen molar-refractivity contribution in [3.05, 3.63) is 76.2 Å². The third kappa shape index (κ3) is 9.86. The minimum Gasteiger partial charge on any atom is -0.497 e. The Morgan fingerprint density at radius 3 is 2.43 bits per heavy atom. The number of carbonyl (C=O) groups is 2. The van der Waals surface area contributed by atoms with Crippen LogP contribution in [-0.4, -0.2) is 103 Å². The van der Waals surface area contributed by atoms with Crippen molar-refractivity contribution in [3.8, 4) is 5.75 Å². The Kier molecular flexibility index (Phi) is 13.5. The first-order valence-electron chi connectivity index (χ1n) is 17.6. The Morgan fingerprint density at radius 1 is 1.08 bits per heavy atom. The molecule has 2 aliphatic rings. The topological polar surface area (TPSA) is 142 Å². The molecule has 3 atom stereocenters. The first-order chi connectivity index (χ1) is 24.5. The zero-order chi connectivity index (χ0) is 36.5. The molecule has 2 N–H and O–H groups in total. The van der Waals surface area contributed by atoms with Gasteiger partial charge in [-0.15, -0.1) is 11.3 Å². The minimum absolute atomic E-state index is 0.113. The second-order valence-electron chi connectivity index (χ2n) is 13.8. The van der Waals surface area contributed by atoms with Crippen LogP contribution in [0.4, 0.5) is 4.79 Å². The minimum atomic E-state index is -3.99. The average Bonchev–Trinajstić information content (AvgIpc) is 3.88. The number of rotatable bonds is 18. The predicted molar refractivity (Wildman–Crippen MR) is 196 cm³/mol. The Labute approximate surface area is 305 Å². The van der Waals surface area contributed by atoms with Crippen LogP contribution in [0.5, 0.6) is 5.75 Å². The lowest BCUT2D eigenvalue weighted by molar-refractivity contribution is -0.128. The van der Waals surface area contributed by atoms with Crippen molar-refractivity contribution in [1.29, 1.82) is 0 Å². The molecule has 2 aromatic carbocycles. The first-order valence-corrected chi connectivity index (χ1v) is 20.0. The lowest BCUT2D eigenvalue weighted by Gasteiger charge is -2.34. The summed E-state index contributed by atoms with van der Waals surface area (Å²) in [6.07, 6.45) is 2.95. The Hall–Kier alpha value is -3.56. The van der Waals surface area contributed by atoms with Crippen molar-refractivity contribution in [2.24, 2.45) is 11.8 Å². The van der Waals surface area contributed by atoms with E-state index in [4.69, 9.17) is 9.47 Å². The van der Waals surface area contributed by atoms with Crippen LogP contribution in [0.3, 0.4) is 0 Å². The summed E-state index contributed by atoms with van der Waals surface area (Å²) >= 11 is 1.48. The number of sulfonamides is 1. The lowest BCUT2D eigenvalue weighted by atomic mass is 9.97. The molecule has 1 saturated heterocycles. The number of hydrogen-bond acceptors (Lipinski definition) is 9. The maximum Gasteiger partial charge on any atom is 0.321 e. The number of aliphatic hydroxyl groups is 1. The van der Waals surface area contributed by atoms with Crippen molar-refractivity contribution in [2.75, 3.05) is 40.4 Å². The van der Waals surface area contributed by atoms with E-state index in [1.54, 1.807) is 29.0 Å². The highest BCUT2D eigenvalue weighted by Crippen LogP contribution is 2.29. The summed E-state index contributed by atoms with van der Waals surface area (Å²) in [6, 6.07) is 13.8. The third-order valence-corrected chi connectivity index (χ3v) is 12.4. The van der Waals surface area contributed by atoms with Gasteiger partial charge in [-0.3, -0.25) is 4.79 Å². The van der Waals surface area contributed by atoms with Gasteiger partial charge in [-0.2, -0.15) is 4.31 Å². The molecular weight excluding hydrogens is 691 g/mol. The van der Waals surface area contributed by atoms with E-state index in [1.165, 1.54) is 34.9 Å². The highest BCUT2D eigenvalue weighted by atomic mass is 32.2. The van der Waals surface area contributed by atoms with Crippen LogP contribution in [0.1, 0.15) is 55.8 Å². The maximum absolute atomic E-state index is 14.2. The monoisotopic (exact) mass is 741 g/mol. The number of aromatic nitrogens is 1. The van der Waals surface area contributed by atoms with Crippen LogP contribution in [-0.2, 0) is 39.1 Å². The van der Waals surface area contributed by atoms with Crippen molar-refractivity contribution in [1.82, 2.24) is 24.4 Å². The summed E-state index contributed by atoms with van der Waals surface area (Å²) in [5.41, 5.74) is 1.65. The molecule has 0 unspecified atom stereocenters. The number of benzene rings is 2. The molecule has 51 heavy (non-hydrogen) atoms. The highest BCUT2D eigenvalue weighted by molar-refractivity contribution is 7.89. The van der Waals surface area contributed by atoms with Crippen molar-refractivity contribution < 1.29 is 32.6 Å². The molecule has 14 heteroatoms. The van der Waals surface area contributed by atoms with Gasteiger partial charge in [0.05, 0.1) is 43.0 Å². The van der Waals surface area contributed by atoms with E-state index in [1.807, 2.05) is 49.6 Å². The Balaban J connectivity index is 1.36. The number of nitrogens with one attached hydrogen (secondary N) is 1. The number of ether oxygens (including phenoxy) is 2. The first kappa shape index (κ1) is 38.7. The van der Waals surface area contributed by atoms with E-state index < -0.39 is 34.1 Å². The van der Waals surface area contributed by atoms with Gasteiger partial charge in [-0.25, -0.2) is 18.2 Å². The van der Waals surface area contributed by atoms with E-state index in [9.17, 15) is 23.1 Å². The summed E-state index contributed by atoms with van der Waals surface area (Å²) in [5, 5.41) is 17.7. The van der Waals surface area contributed by atoms with Crippen molar-refractivity contribution in [2.45, 2.75) is 82.2 Å². The SMILES string of the molecule is COCc1nc(CN2CCN([C@H](C(=O)N[C@@H](Cc3ccccc3)[C@H](O)CN(CC3CCCC3)S(=O)(=O)c3ccc(OC)cc3)C(C)C)C2=O)cs1. The maximum atomic E-state index is 14.2. The number of methoxy groups -OCH3 is 2. The molecule has 3 aromatic rings. The molecule has 5 rings (SSSR count). The number of hydrogen-bond donors (Lipinski definition) is 2. The van der Waals surface area contributed by atoms with Crippen LogP contribution >= 0.6 is 11.3 Å². The second kappa shape index (κ2) is 17.8. The third-order valence-electron chi connectivity index (χ3n) is 9.70. The summed E-state index contributed by atoms with van der Waals surface area (Å²) < 4.78 is 40.0. The van der Waals surface area contributed by atoms with Crippen LogP contribution in [0.2, 0.25) is 0 Å². The molecule has 0 bridgehead atoms. The normalized spacial score (nSPS) is 17.4. The molecule has 1 saturated carbocycles. The number of urea groups is 1. The molecule has 278 valence electrons. The molecule has 0 spiro atoms. The summed E-state index contributed by atoms with van der Waals surface area (Å²) in [4.78, 5) is 35.8. The zero-order valence-electron chi connectivity index (χ0n) is 29.9. The number of aliphatic hydroxyl groups excluding tert-OH is 1. The van der Waals surface area contributed by atoms with Crippen molar-refractivity contribution >= 4 is 33.3 Å². The van der Waals surface area contributed by atoms with E-state index in [0.29, 0.717) is 32.0 Å². The molecule has 12 nitrogen and oxygen atoms in total. The van der Waals surface area contributed by atoms with Crippen LogP contribution in [0.25, 0.3) is 0 Å². The standard InChI is InChI=1S/C37H51N5O7S2/c1-26(2)35(42-19-18-40(37(42)45)22-29-25-50-34(38-29)24-48-3)36(44)39-32(20-27-10-6-5-7-11-27)33(43)23-41(21-28-12-8-9-13-28)51(46,47)31-16-14-30(49-4)15-17-31/h5-7,10-11,14-17,25-26,28,32-33,35,43H,8-9,12-13,18-24H2,1-4H3,(H,39,44)/t32-,33+,35-/m0/s1. The van der Waals surface area contributed by atoms with E-state index in [2.05, 4.69) is 10.3 Å². The van der Waals surface area contributed by atoms with Crippen LogP contribution < -0.4 is 10.1 Å². The van der Waals surface area contributed by atoms with Crippen LogP contribution in [0, 0.1) is 11.8 Å². The largest absolute Gasteiger partial charge is 0.497 e. The molecule has 1 aliphatic carbocycles. The molecule has 2 heterocycles. The molecule has 3 amide bonds. The number of thiazole rings is 1. The summed E-state index contributed by atoms with van der Waals surface area (Å²) in [7, 11) is -0.858. The summed E-state index contributed by atoms with van der Waals surface area (Å²) in [6.45, 7) is 5.41. The fourth-order valence-electron chi connectivity index (χ4n) is 7.02. The lowest BCUT2D eigenvalue weighted by Crippen LogP contribution is -2.57. The van der Waals surface area contributed by atoms with Gasteiger partial charge in [-0.05, 0) is 60.9 Å². The van der Waals surface area contributed by atoms with Gasteiger partial charge in [0, 0.05) is 38.7 Å². The molecule has 1 aromatic heterocycles. The Morgan fingerprint density at radius 2 is 1.78 bits per heavy atom. The molecule has 2 fully saturated rings. The van der Waals surface area contributed by atoms with Gasteiger partial charge in [-0.1, -0.05) is 57.0 Å². The predicted octanol–water partition coefficient (Wildman–Crippen LogP) is 4.53. The van der Waals surface area contributed by atoms with Gasteiger partial charge in [0.15, 0.2) is 0 Å². The average molecular weight is 742 g/mol. The Bertz CT molecular complexity index is 1680. The number of nitrogens with zero attached hydrogens (tertiary/aromatic N) is 4. The van der Waals surface area contributed by atoms with E-state index >= 15 is 0 Å². The fraction of sp³-hybridized carbons (Fsp3) is 0.541. The fourth-order valence-corrected chi connectivity index (χ4v) is 9.31. The molecule has 0 radical (unpaired) electrons. The van der Waals surface area contributed by atoms with Gasteiger partial charge in [0.2, 0.25) is 15.9 Å². The smallest absolute Gasteiger partial charge is 0.321 e. The van der Waals surface area contributed by atoms with Gasteiger partial charge in [0.1, 0.15) is 16.8 Å². The van der Waals surface area contributed by atoms with Crippen LogP contribution in [0.15, 0.2) is 64.9 Å². The number of carbonyl (C=O) groups excluding carboxylic acids is 2. The van der Waals surface area contributed by atoms with Crippen molar-refractivity contribution in [3.63, 3.8) is 0 Å². The highest BCUT2D eigenvalue weighted by Gasteiger charge is 2.41. The van der Waals surface area contributed by atoms with Gasteiger partial charge >= 0.3 is 6.03 Å². The quantitative estimate of drug-likeness (QED) is 0.194. The van der Waals surface area contributed by atoms with E-state index in [-0.39, 0.29) is 42.3 Å². The molecular formula is C37H51N5O7S2. The number of amides is 3. The molecule has 1 aliphatic heterocycles. The van der Waals surface area contributed by atoms with Gasteiger partial charge < -0.3 is 29.7 Å². The van der Waals surface area contributed by atoms with Gasteiger partial charge in [0.25, 0.3) is 0 Å². The summed E-state index contributed by atoms with van der Waals surface area (Å²) in [5.74, 6) is 0.0974.